The molecule has 2 N–H and O–H groups in total. The molecule has 1 aliphatic rings. The minimum absolute atomic E-state index is 0.256. The van der Waals surface area contributed by atoms with Crippen molar-refractivity contribution in [2.75, 3.05) is 33.4 Å². The topological polar surface area (TPSA) is 38.5 Å². The molecule has 18 heavy (non-hydrogen) atoms. The standard InChI is InChI=1S/C15H32N2O/c1-5-8-15(3,11-16)12-17(9-10-18-4)13(2)14-6-7-14/h13-14H,5-12,16H2,1-4H3. The van der Waals surface area contributed by atoms with Gasteiger partial charge in [0.25, 0.3) is 0 Å². The second-order valence-corrected chi connectivity index (χ2v) is 6.31. The van der Waals surface area contributed by atoms with E-state index in [-0.39, 0.29) is 5.41 Å². The predicted octanol–water partition coefficient (Wildman–Crippen LogP) is 2.50. The van der Waals surface area contributed by atoms with Gasteiger partial charge in [-0.05, 0) is 44.1 Å². The third kappa shape index (κ3) is 4.87. The molecule has 1 fully saturated rings. The second-order valence-electron chi connectivity index (χ2n) is 6.31. The summed E-state index contributed by atoms with van der Waals surface area (Å²) in [4.78, 5) is 2.60. The number of nitrogens with zero attached hydrogens (tertiary/aromatic N) is 1. The van der Waals surface area contributed by atoms with E-state index in [0.717, 1.165) is 32.2 Å². The molecule has 0 saturated heterocycles. The van der Waals surface area contributed by atoms with E-state index in [1.807, 2.05) is 0 Å². The van der Waals surface area contributed by atoms with Crippen molar-refractivity contribution >= 4 is 0 Å². The number of nitrogens with two attached hydrogens (primary N) is 1. The Balaban J connectivity index is 2.57. The second kappa shape index (κ2) is 7.46. The zero-order valence-electron chi connectivity index (χ0n) is 12.7. The molecular weight excluding hydrogens is 224 g/mol. The lowest BCUT2D eigenvalue weighted by atomic mass is 9.84. The molecule has 0 aromatic heterocycles. The summed E-state index contributed by atoms with van der Waals surface area (Å²) in [6.07, 6.45) is 5.23. The van der Waals surface area contributed by atoms with Crippen LogP contribution in [0.2, 0.25) is 0 Å². The molecular formula is C15H32N2O. The third-order valence-corrected chi connectivity index (χ3v) is 4.39. The van der Waals surface area contributed by atoms with Gasteiger partial charge in [-0.25, -0.2) is 0 Å². The van der Waals surface area contributed by atoms with Gasteiger partial charge >= 0.3 is 0 Å². The van der Waals surface area contributed by atoms with E-state index in [0.29, 0.717) is 6.04 Å². The molecule has 3 nitrogen and oxygen atoms in total. The van der Waals surface area contributed by atoms with Gasteiger partial charge < -0.3 is 10.5 Å². The highest BCUT2D eigenvalue weighted by atomic mass is 16.5. The van der Waals surface area contributed by atoms with Crippen molar-refractivity contribution in [1.29, 1.82) is 0 Å². The fourth-order valence-electron chi connectivity index (χ4n) is 2.85. The summed E-state index contributed by atoms with van der Waals surface area (Å²) in [6.45, 7) is 10.7. The summed E-state index contributed by atoms with van der Waals surface area (Å²) < 4.78 is 5.26. The van der Waals surface area contributed by atoms with Crippen LogP contribution in [0.25, 0.3) is 0 Å². The van der Waals surface area contributed by atoms with Gasteiger partial charge in [-0.3, -0.25) is 4.90 Å². The first kappa shape index (κ1) is 15.9. The minimum Gasteiger partial charge on any atom is -0.383 e. The zero-order valence-corrected chi connectivity index (χ0v) is 12.7. The van der Waals surface area contributed by atoms with Crippen molar-refractivity contribution in [3.63, 3.8) is 0 Å². The van der Waals surface area contributed by atoms with Crippen LogP contribution in [0.15, 0.2) is 0 Å². The van der Waals surface area contributed by atoms with Gasteiger partial charge in [0.2, 0.25) is 0 Å². The van der Waals surface area contributed by atoms with Crippen LogP contribution in [0.3, 0.4) is 0 Å². The van der Waals surface area contributed by atoms with E-state index >= 15 is 0 Å². The molecule has 1 rings (SSSR count). The highest BCUT2D eigenvalue weighted by molar-refractivity contribution is 4.88. The molecule has 3 heteroatoms. The smallest absolute Gasteiger partial charge is 0.0589 e. The van der Waals surface area contributed by atoms with Crippen molar-refractivity contribution in [3.8, 4) is 0 Å². The van der Waals surface area contributed by atoms with E-state index < -0.39 is 0 Å². The number of rotatable bonds is 10. The first-order chi connectivity index (χ1) is 8.56. The van der Waals surface area contributed by atoms with E-state index in [2.05, 4.69) is 25.7 Å². The molecule has 0 bridgehead atoms. The average molecular weight is 256 g/mol. The Morgan fingerprint density at radius 3 is 2.56 bits per heavy atom. The van der Waals surface area contributed by atoms with Crippen LogP contribution in [-0.2, 0) is 4.74 Å². The van der Waals surface area contributed by atoms with Gasteiger partial charge in [0.1, 0.15) is 0 Å². The number of hydrogen-bond donors (Lipinski definition) is 1. The Hall–Kier alpha value is -0.120. The van der Waals surface area contributed by atoms with E-state index in [1.165, 1.54) is 25.7 Å². The Morgan fingerprint density at radius 2 is 2.11 bits per heavy atom. The van der Waals surface area contributed by atoms with Gasteiger partial charge in [-0.2, -0.15) is 0 Å². The lowest BCUT2D eigenvalue weighted by molar-refractivity contribution is 0.0765. The Labute approximate surface area is 113 Å². The fourth-order valence-corrected chi connectivity index (χ4v) is 2.85. The summed E-state index contributed by atoms with van der Waals surface area (Å²) in [5, 5.41) is 0. The van der Waals surface area contributed by atoms with Gasteiger partial charge in [0, 0.05) is 26.2 Å². The molecule has 0 radical (unpaired) electrons. The Kier molecular flexibility index (Phi) is 6.61. The fraction of sp³-hybridized carbons (Fsp3) is 1.00. The Bertz CT molecular complexity index is 231. The molecule has 1 aliphatic carbocycles. The first-order valence-corrected chi connectivity index (χ1v) is 7.49. The largest absolute Gasteiger partial charge is 0.383 e. The van der Waals surface area contributed by atoms with Gasteiger partial charge in [-0.15, -0.1) is 0 Å². The van der Waals surface area contributed by atoms with Gasteiger partial charge in [-0.1, -0.05) is 20.3 Å². The predicted molar refractivity (Wildman–Crippen MR) is 77.7 cm³/mol. The molecule has 2 atom stereocenters. The summed E-state index contributed by atoms with van der Waals surface area (Å²) in [5.74, 6) is 0.908. The maximum atomic E-state index is 6.00. The van der Waals surface area contributed by atoms with Crippen LogP contribution in [0.4, 0.5) is 0 Å². The van der Waals surface area contributed by atoms with Crippen LogP contribution in [0.5, 0.6) is 0 Å². The summed E-state index contributed by atoms with van der Waals surface area (Å²) in [7, 11) is 1.79. The molecule has 2 unspecified atom stereocenters. The highest BCUT2D eigenvalue weighted by Crippen LogP contribution is 2.36. The van der Waals surface area contributed by atoms with Crippen LogP contribution in [0.1, 0.15) is 46.5 Å². The molecule has 0 aromatic rings. The maximum absolute atomic E-state index is 6.00. The van der Waals surface area contributed by atoms with Crippen LogP contribution < -0.4 is 5.73 Å². The zero-order chi connectivity index (χ0) is 13.6. The average Bonchev–Trinajstić information content (AvgIpc) is 3.18. The molecule has 0 amide bonds. The van der Waals surface area contributed by atoms with Crippen LogP contribution in [0, 0.1) is 11.3 Å². The number of ether oxygens (including phenoxy) is 1. The first-order valence-electron chi connectivity index (χ1n) is 7.49. The van der Waals surface area contributed by atoms with Crippen molar-refractivity contribution in [2.45, 2.75) is 52.5 Å². The summed E-state index contributed by atoms with van der Waals surface area (Å²) in [5.41, 5.74) is 6.26. The maximum Gasteiger partial charge on any atom is 0.0589 e. The van der Waals surface area contributed by atoms with Crippen LogP contribution in [-0.4, -0.2) is 44.3 Å². The normalized spacial score (nSPS) is 21.0. The van der Waals surface area contributed by atoms with Gasteiger partial charge in [0.15, 0.2) is 0 Å². The monoisotopic (exact) mass is 256 g/mol. The van der Waals surface area contributed by atoms with E-state index in [1.54, 1.807) is 7.11 Å². The van der Waals surface area contributed by atoms with E-state index in [4.69, 9.17) is 10.5 Å². The molecule has 0 heterocycles. The highest BCUT2D eigenvalue weighted by Gasteiger charge is 2.34. The third-order valence-electron chi connectivity index (χ3n) is 4.39. The molecule has 0 spiro atoms. The molecule has 1 saturated carbocycles. The van der Waals surface area contributed by atoms with E-state index in [9.17, 15) is 0 Å². The summed E-state index contributed by atoms with van der Waals surface area (Å²) in [6, 6.07) is 0.683. The number of methoxy groups -OCH3 is 1. The van der Waals surface area contributed by atoms with Crippen molar-refractivity contribution < 1.29 is 4.74 Å². The molecule has 0 aliphatic heterocycles. The lowest BCUT2D eigenvalue weighted by Crippen LogP contribution is -2.46. The lowest BCUT2D eigenvalue weighted by Gasteiger charge is -2.38. The van der Waals surface area contributed by atoms with Crippen molar-refractivity contribution in [3.05, 3.63) is 0 Å². The quantitative estimate of drug-likeness (QED) is 0.652. The molecule has 0 aromatic carbocycles. The minimum atomic E-state index is 0.256. The number of hydrogen-bond acceptors (Lipinski definition) is 3. The summed E-state index contributed by atoms with van der Waals surface area (Å²) >= 11 is 0. The van der Waals surface area contributed by atoms with Crippen LogP contribution >= 0.6 is 0 Å². The Morgan fingerprint density at radius 1 is 1.44 bits per heavy atom. The van der Waals surface area contributed by atoms with Crippen molar-refractivity contribution in [2.24, 2.45) is 17.1 Å². The van der Waals surface area contributed by atoms with Crippen molar-refractivity contribution in [1.82, 2.24) is 4.90 Å². The molecule has 108 valence electrons. The SMILES string of the molecule is CCCC(C)(CN)CN(CCOC)C(C)C1CC1. The van der Waals surface area contributed by atoms with Gasteiger partial charge in [0.05, 0.1) is 6.61 Å².